The van der Waals surface area contributed by atoms with E-state index in [2.05, 4.69) is 77.3 Å². The molecule has 4 aliphatic carbocycles. The van der Waals surface area contributed by atoms with Crippen molar-refractivity contribution in [3.8, 4) is 45.3 Å². The number of fused-ring (bicyclic) bond motifs is 10. The molecule has 0 saturated carbocycles. The molecule has 544 valence electrons. The van der Waals surface area contributed by atoms with Crippen molar-refractivity contribution in [2.45, 2.75) is 67.6 Å². The number of nitrogens with zero attached hydrogens (tertiary/aromatic N) is 2. The highest BCUT2D eigenvalue weighted by Crippen LogP contribution is 2.66. The fourth-order valence-corrected chi connectivity index (χ4v) is 18.8. The zero-order valence-corrected chi connectivity index (χ0v) is 60.9. The van der Waals surface area contributed by atoms with Crippen LogP contribution in [0.5, 0.6) is 23.0 Å². The number of rotatable bonds is 16. The first kappa shape index (κ1) is 69.9. The van der Waals surface area contributed by atoms with Crippen LogP contribution in [0.25, 0.3) is 34.4 Å². The fraction of sp³-hybridized carbons (Fsp3) is 0.111. The third-order valence-corrected chi connectivity index (χ3v) is 23.4. The molecule has 0 N–H and O–H groups in total. The van der Waals surface area contributed by atoms with E-state index in [-0.39, 0.29) is 11.4 Å². The summed E-state index contributed by atoms with van der Waals surface area (Å²) in [7, 11) is 0. The Labute approximate surface area is 638 Å². The van der Waals surface area contributed by atoms with Crippen molar-refractivity contribution in [1.82, 2.24) is 0 Å². The Bertz CT molecular complexity index is 5690. The van der Waals surface area contributed by atoms with Gasteiger partial charge in [0.25, 0.3) is 0 Å². The van der Waals surface area contributed by atoms with Gasteiger partial charge >= 0.3 is 0 Å². The van der Waals surface area contributed by atoms with Crippen LogP contribution in [0.4, 0.5) is 69.2 Å². The standard InChI is InChI=1S/C99H70F8N2O2/c1-7-59-17-37-73(38-18-59)110-75-41-25-63(26-42-75)98(61-21-29-65(100)30-22-61)81-15-11-9-13-77(81)79-45-33-67(49-85(79)98)108(71-53-89(102)93(106)90(103)54-71)69-35-47-83-87(51-69)97(57-95(83,3)4)58-96(5,6)84-48-36-70(52-88(84)97)109(72-55-91(104)94(107)92(105)56-72)68-34-46-80-78-14-10-12-16-82(78)99(86(80)50-68,62-23-31-66(101)32-24-62)64-27-43-76(44-28-64)111-74-39-19-60(8-2)20-40-74/h7-56H,1-2,57-58H2,3-6H3. The Hall–Kier alpha value is -12.8. The minimum atomic E-state index is -1.63. The van der Waals surface area contributed by atoms with Crippen LogP contribution in [-0.4, -0.2) is 0 Å². The van der Waals surface area contributed by atoms with Gasteiger partial charge in [0.15, 0.2) is 34.9 Å². The molecule has 14 aromatic rings. The highest BCUT2D eigenvalue weighted by Gasteiger charge is 2.57. The van der Waals surface area contributed by atoms with Crippen molar-refractivity contribution in [2.75, 3.05) is 9.80 Å². The molecule has 0 bridgehead atoms. The van der Waals surface area contributed by atoms with Crippen molar-refractivity contribution in [1.29, 1.82) is 0 Å². The summed E-state index contributed by atoms with van der Waals surface area (Å²) in [5, 5.41) is 0. The predicted molar refractivity (Wildman–Crippen MR) is 426 cm³/mol. The fourth-order valence-electron chi connectivity index (χ4n) is 18.8. The van der Waals surface area contributed by atoms with Gasteiger partial charge in [0, 0.05) is 52.4 Å². The minimum absolute atomic E-state index is 0.00954. The van der Waals surface area contributed by atoms with E-state index in [0.29, 0.717) is 58.6 Å². The largest absolute Gasteiger partial charge is 0.457 e. The highest BCUT2D eigenvalue weighted by atomic mass is 19.2. The van der Waals surface area contributed by atoms with Crippen molar-refractivity contribution < 1.29 is 44.6 Å². The average Bonchev–Trinajstić information content (AvgIpc) is 1.54. The quantitative estimate of drug-likeness (QED) is 0.0711. The Morgan fingerprint density at radius 1 is 0.288 bits per heavy atom. The Balaban J connectivity index is 0.805. The molecule has 2 unspecified atom stereocenters. The Kier molecular flexibility index (Phi) is 16.5. The molecule has 4 aliphatic rings. The predicted octanol–water partition coefficient (Wildman–Crippen LogP) is 27.0. The first-order chi connectivity index (χ1) is 53.6. The third-order valence-electron chi connectivity index (χ3n) is 23.4. The summed E-state index contributed by atoms with van der Waals surface area (Å²) >= 11 is 0. The molecule has 4 nitrogen and oxygen atoms in total. The number of hydrogen-bond donors (Lipinski definition) is 0. The third kappa shape index (κ3) is 11.1. The van der Waals surface area contributed by atoms with Gasteiger partial charge in [-0.05, 0) is 245 Å². The minimum Gasteiger partial charge on any atom is -0.457 e. The van der Waals surface area contributed by atoms with Crippen LogP contribution < -0.4 is 19.3 Å². The molecular weight excluding hydrogens is 1400 g/mol. The van der Waals surface area contributed by atoms with Crippen LogP contribution in [0.3, 0.4) is 0 Å². The second kappa shape index (κ2) is 26.2. The molecule has 1 spiro atoms. The van der Waals surface area contributed by atoms with Crippen LogP contribution in [0, 0.1) is 46.5 Å². The smallest absolute Gasteiger partial charge is 0.194 e. The van der Waals surface area contributed by atoms with Gasteiger partial charge < -0.3 is 19.3 Å². The molecule has 2 atom stereocenters. The van der Waals surface area contributed by atoms with E-state index in [1.165, 1.54) is 24.3 Å². The normalized spacial score (nSPS) is 17.6. The maximum atomic E-state index is 16.3. The number of halogens is 8. The Morgan fingerprint density at radius 3 is 0.910 bits per heavy atom. The van der Waals surface area contributed by atoms with E-state index in [1.54, 1.807) is 46.2 Å². The molecule has 12 heteroatoms. The summed E-state index contributed by atoms with van der Waals surface area (Å²) in [6.45, 7) is 16.5. The SMILES string of the molecule is C=Cc1ccc(Oc2ccc(C3(c4ccc(F)cc4)c4ccccc4-c4ccc(N(c5cc(F)c(F)c(F)c5)c5ccc6c(c5)C5(CC6(C)C)CC(C)(C)c6ccc(N(c7cc(F)c(F)c(F)c7)c7ccc8c(c7)C(c7ccc(F)cc7)(c7ccc(Oc9ccc(C=C)cc9)cc7)c7ccccc7-8)cc65)cc43)cc2)cc1. The maximum Gasteiger partial charge on any atom is 0.194 e. The van der Waals surface area contributed by atoms with Gasteiger partial charge in [-0.3, -0.25) is 0 Å². The van der Waals surface area contributed by atoms with Gasteiger partial charge in [0.05, 0.1) is 22.2 Å². The molecule has 14 aromatic carbocycles. The second-order valence-corrected chi connectivity index (χ2v) is 30.6. The summed E-state index contributed by atoms with van der Waals surface area (Å²) < 4.78 is 140. The van der Waals surface area contributed by atoms with Gasteiger partial charge in [-0.25, -0.2) is 35.1 Å². The van der Waals surface area contributed by atoms with Crippen molar-refractivity contribution >= 4 is 46.3 Å². The molecule has 0 amide bonds. The summed E-state index contributed by atoms with van der Waals surface area (Å²) in [6, 6.07) is 87.6. The average molecular weight is 1470 g/mol. The molecular formula is C99H70F8N2O2. The first-order valence-corrected chi connectivity index (χ1v) is 36.8. The molecule has 0 aliphatic heterocycles. The van der Waals surface area contributed by atoms with E-state index in [4.69, 9.17) is 9.47 Å². The van der Waals surface area contributed by atoms with Gasteiger partial charge in [-0.1, -0.05) is 199 Å². The summed E-state index contributed by atoms with van der Waals surface area (Å²) in [5.41, 5.74) is 13.5. The molecule has 0 fully saturated rings. The molecule has 0 radical (unpaired) electrons. The Morgan fingerprint density at radius 2 is 0.577 bits per heavy atom. The lowest BCUT2D eigenvalue weighted by atomic mass is 9.67. The molecule has 111 heavy (non-hydrogen) atoms. The highest BCUT2D eigenvalue weighted by molar-refractivity contribution is 5.92. The van der Waals surface area contributed by atoms with Crippen molar-refractivity contribution in [3.05, 3.63) is 429 Å². The van der Waals surface area contributed by atoms with Crippen LogP contribution in [0.15, 0.2) is 304 Å². The van der Waals surface area contributed by atoms with Gasteiger partial charge in [-0.15, -0.1) is 0 Å². The lowest BCUT2D eigenvalue weighted by molar-refractivity contribution is 0.349. The first-order valence-electron chi connectivity index (χ1n) is 36.8. The number of hydrogen-bond acceptors (Lipinski definition) is 4. The van der Waals surface area contributed by atoms with Crippen molar-refractivity contribution in [3.63, 3.8) is 0 Å². The van der Waals surface area contributed by atoms with E-state index >= 15 is 35.1 Å². The molecule has 0 saturated heterocycles. The summed E-state index contributed by atoms with van der Waals surface area (Å²) in [6.07, 6.45) is 4.66. The zero-order valence-electron chi connectivity index (χ0n) is 60.9. The van der Waals surface area contributed by atoms with Crippen LogP contribution in [-0.2, 0) is 27.1 Å². The van der Waals surface area contributed by atoms with Gasteiger partial charge in [-0.2, -0.15) is 0 Å². The summed E-state index contributed by atoms with van der Waals surface area (Å²) in [4.78, 5) is 3.50. The lowest BCUT2D eigenvalue weighted by Gasteiger charge is -2.35. The zero-order chi connectivity index (χ0) is 76.6. The molecule has 18 rings (SSSR count). The number of benzene rings is 14. The lowest BCUT2D eigenvalue weighted by Crippen LogP contribution is -2.29. The van der Waals surface area contributed by atoms with E-state index in [1.807, 2.05) is 182 Å². The van der Waals surface area contributed by atoms with Crippen molar-refractivity contribution in [2.24, 2.45) is 0 Å². The number of anilines is 6. The molecule has 0 heterocycles. The van der Waals surface area contributed by atoms with E-state index in [0.717, 1.165) is 124 Å². The van der Waals surface area contributed by atoms with Gasteiger partial charge in [0.2, 0.25) is 0 Å². The number of ether oxygens (including phenoxy) is 2. The maximum absolute atomic E-state index is 16.3. The topological polar surface area (TPSA) is 24.9 Å². The van der Waals surface area contributed by atoms with E-state index in [9.17, 15) is 0 Å². The summed E-state index contributed by atoms with van der Waals surface area (Å²) in [5.74, 6) is -7.33. The molecule has 0 aromatic heterocycles. The van der Waals surface area contributed by atoms with Gasteiger partial charge in [0.1, 0.15) is 34.6 Å². The van der Waals surface area contributed by atoms with Crippen LogP contribution in [0.1, 0.15) is 118 Å². The monoisotopic (exact) mass is 1470 g/mol. The second-order valence-electron chi connectivity index (χ2n) is 30.6. The van der Waals surface area contributed by atoms with Crippen LogP contribution >= 0.6 is 0 Å². The van der Waals surface area contributed by atoms with Crippen LogP contribution in [0.2, 0.25) is 0 Å². The van der Waals surface area contributed by atoms with E-state index < -0.39 is 73.6 Å².